The molecule has 2 atom stereocenters. The van der Waals surface area contributed by atoms with Crippen molar-refractivity contribution < 1.29 is 28.6 Å². The largest absolute Gasteiger partial charge is 0.497 e. The number of fused-ring (bicyclic) bond motifs is 1. The molecule has 3 aliphatic heterocycles. The van der Waals surface area contributed by atoms with Crippen LogP contribution in [-0.4, -0.2) is 61.1 Å². The third-order valence-electron chi connectivity index (χ3n) is 6.97. The number of carbonyl (C=O) groups excluding carboxylic acids is 3. The van der Waals surface area contributed by atoms with Crippen molar-refractivity contribution in [3.05, 3.63) is 53.6 Å². The molecule has 0 saturated carbocycles. The summed E-state index contributed by atoms with van der Waals surface area (Å²) in [5.41, 5.74) is 0.334. The molecule has 0 aliphatic carbocycles. The van der Waals surface area contributed by atoms with Crippen LogP contribution in [0.3, 0.4) is 0 Å². The molecule has 3 aliphatic rings. The minimum atomic E-state index is -1.25. The fourth-order valence-electron chi connectivity index (χ4n) is 4.99. The molecule has 9 nitrogen and oxygen atoms in total. The van der Waals surface area contributed by atoms with E-state index in [9.17, 15) is 14.4 Å². The number of hydrogen-bond donors (Lipinski definition) is 1. The van der Waals surface area contributed by atoms with E-state index < -0.39 is 17.5 Å². The minimum Gasteiger partial charge on any atom is -0.497 e. The highest BCUT2D eigenvalue weighted by Gasteiger charge is 2.50. The summed E-state index contributed by atoms with van der Waals surface area (Å²) in [6.07, 6.45) is 2.46. The molecule has 3 heterocycles. The van der Waals surface area contributed by atoms with Crippen LogP contribution in [0.25, 0.3) is 0 Å². The maximum absolute atomic E-state index is 13.3. The highest BCUT2D eigenvalue weighted by molar-refractivity contribution is 6.09. The molecule has 0 unspecified atom stereocenters. The quantitative estimate of drug-likeness (QED) is 0.663. The van der Waals surface area contributed by atoms with Gasteiger partial charge in [-0.15, -0.1) is 0 Å². The molecule has 1 N–H and O–H groups in total. The number of nitrogens with zero attached hydrogens (tertiary/aromatic N) is 2. The molecule has 2 fully saturated rings. The van der Waals surface area contributed by atoms with E-state index in [2.05, 4.69) is 5.32 Å². The summed E-state index contributed by atoms with van der Waals surface area (Å²) in [6.45, 7) is 3.11. The maximum atomic E-state index is 13.3. The molecule has 5 rings (SSSR count). The van der Waals surface area contributed by atoms with Crippen molar-refractivity contribution in [2.24, 2.45) is 0 Å². The van der Waals surface area contributed by atoms with Gasteiger partial charge >= 0.3 is 6.03 Å². The molecule has 0 radical (unpaired) electrons. The Morgan fingerprint density at radius 2 is 1.83 bits per heavy atom. The summed E-state index contributed by atoms with van der Waals surface area (Å²) in [5, 5.41) is 2.76. The summed E-state index contributed by atoms with van der Waals surface area (Å²) < 4.78 is 16.7. The van der Waals surface area contributed by atoms with Crippen LogP contribution in [0.4, 0.5) is 4.79 Å². The highest BCUT2D eigenvalue weighted by Crippen LogP contribution is 2.38. The van der Waals surface area contributed by atoms with E-state index in [-0.39, 0.29) is 18.5 Å². The predicted molar refractivity (Wildman–Crippen MR) is 126 cm³/mol. The Bertz CT molecular complexity index is 1150. The van der Waals surface area contributed by atoms with Gasteiger partial charge in [-0.1, -0.05) is 18.2 Å². The minimum absolute atomic E-state index is 0.145. The predicted octanol–water partition coefficient (Wildman–Crippen LogP) is 2.99. The molecular weight excluding hydrogens is 450 g/mol. The summed E-state index contributed by atoms with van der Waals surface area (Å²) in [5.74, 6) is 1.33. The van der Waals surface area contributed by atoms with Crippen LogP contribution in [0.15, 0.2) is 42.5 Å². The van der Waals surface area contributed by atoms with E-state index in [4.69, 9.17) is 14.2 Å². The molecular formula is C26H29N3O6. The molecule has 35 heavy (non-hydrogen) atoms. The molecule has 2 aromatic rings. The number of rotatable bonds is 5. The van der Waals surface area contributed by atoms with Crippen molar-refractivity contribution >= 4 is 17.8 Å². The Kier molecular flexibility index (Phi) is 6.00. The van der Waals surface area contributed by atoms with Gasteiger partial charge in [0.25, 0.3) is 5.91 Å². The third-order valence-corrected chi connectivity index (χ3v) is 6.97. The van der Waals surface area contributed by atoms with Crippen LogP contribution < -0.4 is 19.5 Å². The van der Waals surface area contributed by atoms with E-state index in [1.807, 2.05) is 18.2 Å². The number of hydrogen-bond acceptors (Lipinski definition) is 6. The van der Waals surface area contributed by atoms with Crippen LogP contribution in [0.1, 0.15) is 43.4 Å². The van der Waals surface area contributed by atoms with Gasteiger partial charge in [0.1, 0.15) is 17.8 Å². The first-order valence-corrected chi connectivity index (χ1v) is 11.9. The first-order valence-electron chi connectivity index (χ1n) is 11.9. The first-order chi connectivity index (χ1) is 16.9. The van der Waals surface area contributed by atoms with Crippen molar-refractivity contribution in [3.8, 4) is 17.2 Å². The Morgan fingerprint density at radius 1 is 1.09 bits per heavy atom. The van der Waals surface area contributed by atoms with Crippen molar-refractivity contribution in [2.45, 2.75) is 37.8 Å². The summed E-state index contributed by atoms with van der Waals surface area (Å²) in [7, 11) is 1.56. The molecule has 0 aromatic heterocycles. The van der Waals surface area contributed by atoms with Gasteiger partial charge in [-0.2, -0.15) is 0 Å². The summed E-state index contributed by atoms with van der Waals surface area (Å²) >= 11 is 0. The molecule has 184 valence electrons. The Morgan fingerprint density at radius 3 is 2.57 bits per heavy atom. The number of carbonyl (C=O) groups is 3. The monoisotopic (exact) mass is 479 g/mol. The van der Waals surface area contributed by atoms with Gasteiger partial charge in [-0.05, 0) is 55.2 Å². The molecule has 2 aromatic carbocycles. The van der Waals surface area contributed by atoms with Gasteiger partial charge in [-0.25, -0.2) is 4.79 Å². The number of benzene rings is 2. The molecule has 4 amide bonds. The van der Waals surface area contributed by atoms with Crippen molar-refractivity contribution in [1.82, 2.24) is 15.1 Å². The second kappa shape index (κ2) is 9.13. The van der Waals surface area contributed by atoms with Crippen LogP contribution in [-0.2, 0) is 15.1 Å². The topological polar surface area (TPSA) is 97.4 Å². The smallest absolute Gasteiger partial charge is 0.325 e. The van der Waals surface area contributed by atoms with Gasteiger partial charge in [0.05, 0.1) is 26.4 Å². The van der Waals surface area contributed by atoms with E-state index >= 15 is 0 Å². The van der Waals surface area contributed by atoms with Crippen molar-refractivity contribution in [3.63, 3.8) is 0 Å². The fourth-order valence-corrected chi connectivity index (χ4v) is 4.99. The van der Waals surface area contributed by atoms with Crippen LogP contribution in [0, 0.1) is 0 Å². The Hall–Kier alpha value is -3.75. The van der Waals surface area contributed by atoms with Crippen LogP contribution in [0.2, 0.25) is 0 Å². The van der Waals surface area contributed by atoms with Crippen LogP contribution >= 0.6 is 0 Å². The molecule has 9 heteroatoms. The van der Waals surface area contributed by atoms with E-state index in [0.717, 1.165) is 29.7 Å². The number of amides is 4. The lowest BCUT2D eigenvalue weighted by atomic mass is 9.92. The van der Waals surface area contributed by atoms with Gasteiger partial charge < -0.3 is 24.4 Å². The van der Waals surface area contributed by atoms with Crippen molar-refractivity contribution in [2.75, 3.05) is 33.4 Å². The summed E-state index contributed by atoms with van der Waals surface area (Å²) in [4.78, 5) is 42.2. The third kappa shape index (κ3) is 4.15. The molecule has 2 saturated heterocycles. The second-order valence-electron chi connectivity index (χ2n) is 9.18. The standard InChI is InChI=1S/C26H29N3O6/c1-26(18-7-9-19(33-2)10-8-18)24(31)29(25(32)27-26)16-23(30)28-12-3-5-20(28)17-6-11-21-22(15-17)35-14-4-13-34-21/h6-11,15,20H,3-5,12-14,16H2,1-2H3,(H,27,32)/t20-,26-/m0/s1. The number of urea groups is 1. The number of ether oxygens (including phenoxy) is 3. The normalized spacial score (nSPS) is 23.8. The SMILES string of the molecule is COc1ccc([C@]2(C)NC(=O)N(CC(=O)N3CCC[C@H]3c3ccc4c(c3)OCCCO4)C2=O)cc1. The molecule has 0 spiro atoms. The van der Waals surface area contributed by atoms with Gasteiger partial charge in [0.15, 0.2) is 11.5 Å². The lowest BCUT2D eigenvalue weighted by molar-refractivity contribution is -0.139. The number of nitrogens with one attached hydrogen (secondary N) is 1. The Labute approximate surface area is 203 Å². The lowest BCUT2D eigenvalue weighted by Crippen LogP contribution is -2.44. The van der Waals surface area contributed by atoms with Gasteiger partial charge in [-0.3, -0.25) is 14.5 Å². The summed E-state index contributed by atoms with van der Waals surface area (Å²) in [6, 6.07) is 12.0. The van der Waals surface area contributed by atoms with Crippen LogP contribution in [0.5, 0.6) is 17.2 Å². The fraction of sp³-hybridized carbons (Fsp3) is 0.423. The van der Waals surface area contributed by atoms with E-state index in [1.54, 1.807) is 43.2 Å². The first kappa shape index (κ1) is 23.0. The number of imide groups is 1. The zero-order chi connectivity index (χ0) is 24.6. The zero-order valence-electron chi connectivity index (χ0n) is 19.9. The zero-order valence-corrected chi connectivity index (χ0v) is 19.9. The second-order valence-corrected chi connectivity index (χ2v) is 9.18. The lowest BCUT2D eigenvalue weighted by Gasteiger charge is -2.27. The molecule has 0 bridgehead atoms. The maximum Gasteiger partial charge on any atom is 0.325 e. The average Bonchev–Trinajstić information content (AvgIpc) is 3.34. The highest BCUT2D eigenvalue weighted by atomic mass is 16.5. The van der Waals surface area contributed by atoms with Gasteiger partial charge in [0, 0.05) is 13.0 Å². The van der Waals surface area contributed by atoms with E-state index in [1.165, 1.54) is 0 Å². The average molecular weight is 480 g/mol. The van der Waals surface area contributed by atoms with E-state index in [0.29, 0.717) is 42.6 Å². The number of likely N-dealkylation sites (tertiary alicyclic amines) is 1. The number of methoxy groups -OCH3 is 1. The van der Waals surface area contributed by atoms with Gasteiger partial charge in [0.2, 0.25) is 5.91 Å². The van der Waals surface area contributed by atoms with Crippen molar-refractivity contribution in [1.29, 1.82) is 0 Å². The Balaban J connectivity index is 1.32.